The van der Waals surface area contributed by atoms with E-state index in [9.17, 15) is 13.2 Å². The summed E-state index contributed by atoms with van der Waals surface area (Å²) in [5, 5.41) is 2.37. The number of likely N-dealkylation sites (N-methyl/N-ethyl adjacent to an activating group) is 1. The number of nitrogens with one attached hydrogen (secondary N) is 2. The van der Waals surface area contributed by atoms with Crippen LogP contribution in [0.25, 0.3) is 0 Å². The van der Waals surface area contributed by atoms with Crippen LogP contribution in [0.15, 0.2) is 23.1 Å². The summed E-state index contributed by atoms with van der Waals surface area (Å²) >= 11 is 4.87. The molecular weight excluding hydrogens is 298 g/mol. The molecule has 6 nitrogen and oxygen atoms in total. The number of hydrogen-bond acceptors (Lipinski definition) is 4. The Hall–Kier alpha value is -1.51. The molecule has 0 radical (unpaired) electrons. The van der Waals surface area contributed by atoms with Crippen molar-refractivity contribution in [2.75, 3.05) is 7.05 Å². The Morgan fingerprint density at radius 1 is 1.40 bits per heavy atom. The molecule has 1 atom stereocenters. The lowest BCUT2D eigenvalue weighted by Gasteiger charge is -2.14. The summed E-state index contributed by atoms with van der Waals surface area (Å²) in [5.41, 5.74) is 6.81. The maximum absolute atomic E-state index is 12.1. The largest absolute Gasteiger partial charge is 0.389 e. The quantitative estimate of drug-likeness (QED) is 0.666. The minimum atomic E-state index is -3.77. The first kappa shape index (κ1) is 16.5. The van der Waals surface area contributed by atoms with Crippen molar-refractivity contribution in [2.24, 2.45) is 5.73 Å². The molecular formula is C12H17N3O3S2. The number of benzene rings is 1. The van der Waals surface area contributed by atoms with Crippen LogP contribution in [0, 0.1) is 6.92 Å². The van der Waals surface area contributed by atoms with E-state index in [0.717, 1.165) is 0 Å². The van der Waals surface area contributed by atoms with Crippen molar-refractivity contribution in [1.82, 2.24) is 10.0 Å². The van der Waals surface area contributed by atoms with Gasteiger partial charge in [-0.15, -0.1) is 0 Å². The topological polar surface area (TPSA) is 101 Å². The Labute approximate surface area is 123 Å². The van der Waals surface area contributed by atoms with Crippen molar-refractivity contribution in [2.45, 2.75) is 24.8 Å². The molecule has 1 aromatic carbocycles. The van der Waals surface area contributed by atoms with Gasteiger partial charge in [0.15, 0.2) is 0 Å². The molecule has 1 rings (SSSR count). The van der Waals surface area contributed by atoms with Gasteiger partial charge in [-0.25, -0.2) is 8.42 Å². The molecule has 1 unspecified atom stereocenters. The lowest BCUT2D eigenvalue weighted by Crippen LogP contribution is -2.43. The van der Waals surface area contributed by atoms with Crippen molar-refractivity contribution in [3.63, 3.8) is 0 Å². The second kappa shape index (κ2) is 6.29. The van der Waals surface area contributed by atoms with Crippen molar-refractivity contribution < 1.29 is 13.2 Å². The van der Waals surface area contributed by atoms with Crippen molar-refractivity contribution >= 4 is 33.1 Å². The summed E-state index contributed by atoms with van der Waals surface area (Å²) in [6, 6.07) is 3.56. The second-order valence-electron chi connectivity index (χ2n) is 4.30. The Morgan fingerprint density at radius 3 is 2.45 bits per heavy atom. The molecule has 20 heavy (non-hydrogen) atoms. The Balaban J connectivity index is 3.08. The van der Waals surface area contributed by atoms with Gasteiger partial charge >= 0.3 is 0 Å². The summed E-state index contributed by atoms with van der Waals surface area (Å²) < 4.78 is 26.6. The fraction of sp³-hybridized carbons (Fsp3) is 0.333. The van der Waals surface area contributed by atoms with Crippen molar-refractivity contribution in [1.29, 1.82) is 0 Å². The fourth-order valence-corrected chi connectivity index (χ4v) is 3.17. The van der Waals surface area contributed by atoms with Crippen LogP contribution in [0.5, 0.6) is 0 Å². The highest BCUT2D eigenvalue weighted by Crippen LogP contribution is 2.15. The first-order valence-electron chi connectivity index (χ1n) is 5.83. The van der Waals surface area contributed by atoms with Crippen LogP contribution in [0.4, 0.5) is 0 Å². The molecule has 0 heterocycles. The third kappa shape index (κ3) is 3.75. The van der Waals surface area contributed by atoms with Gasteiger partial charge in [-0.2, -0.15) is 4.72 Å². The molecule has 0 fully saturated rings. The maximum atomic E-state index is 12.1. The first-order valence-corrected chi connectivity index (χ1v) is 7.72. The highest BCUT2D eigenvalue weighted by Gasteiger charge is 2.21. The number of rotatable bonds is 5. The monoisotopic (exact) mass is 315 g/mol. The zero-order valence-electron chi connectivity index (χ0n) is 11.4. The molecule has 8 heteroatoms. The first-order chi connectivity index (χ1) is 9.19. The molecule has 1 aromatic rings. The van der Waals surface area contributed by atoms with Crippen molar-refractivity contribution in [3.8, 4) is 0 Å². The van der Waals surface area contributed by atoms with Gasteiger partial charge in [0.2, 0.25) is 15.9 Å². The number of sulfonamides is 1. The van der Waals surface area contributed by atoms with E-state index < -0.39 is 22.0 Å². The van der Waals surface area contributed by atoms with Gasteiger partial charge in [-0.05, 0) is 31.5 Å². The molecule has 4 N–H and O–H groups in total. The summed E-state index contributed by atoms with van der Waals surface area (Å²) in [6.45, 7) is 3.18. The highest BCUT2D eigenvalue weighted by atomic mass is 32.2. The van der Waals surface area contributed by atoms with Crippen LogP contribution in [-0.4, -0.2) is 32.4 Å². The van der Waals surface area contributed by atoms with E-state index >= 15 is 0 Å². The van der Waals surface area contributed by atoms with Crippen LogP contribution in [0.1, 0.15) is 18.1 Å². The Kier molecular flexibility index (Phi) is 5.21. The van der Waals surface area contributed by atoms with Gasteiger partial charge in [0.05, 0.1) is 10.9 Å². The highest BCUT2D eigenvalue weighted by molar-refractivity contribution is 7.89. The number of carbonyl (C=O) groups excluding carboxylic acids is 1. The van der Waals surface area contributed by atoms with E-state index in [4.69, 9.17) is 18.0 Å². The molecule has 0 aliphatic heterocycles. The minimum absolute atomic E-state index is 0.0609. The number of thiocarbonyl (C=S) groups is 1. The predicted octanol–water partition coefficient (Wildman–Crippen LogP) is 0.0420. The van der Waals surface area contributed by atoms with Gasteiger partial charge in [0.1, 0.15) is 4.99 Å². The standard InChI is InChI=1S/C12H17N3O3S2/c1-7-6-9(4-5-10(7)11(13)19)20(17,18)15-8(2)12(16)14-3/h4-6,8,15H,1-3H3,(H2,13,19)(H,14,16). The van der Waals surface area contributed by atoms with Gasteiger partial charge in [0, 0.05) is 12.6 Å². The molecule has 0 saturated carbocycles. The Bertz CT molecular complexity index is 641. The fourth-order valence-electron chi connectivity index (χ4n) is 1.65. The number of nitrogens with two attached hydrogens (primary N) is 1. The average Bonchev–Trinajstić information content (AvgIpc) is 2.36. The summed E-state index contributed by atoms with van der Waals surface area (Å²) in [4.78, 5) is 11.6. The third-order valence-electron chi connectivity index (χ3n) is 2.75. The molecule has 0 aliphatic rings. The zero-order valence-corrected chi connectivity index (χ0v) is 13.1. The predicted molar refractivity (Wildman–Crippen MR) is 80.9 cm³/mol. The summed E-state index contributed by atoms with van der Waals surface area (Å²) in [5.74, 6) is -0.412. The molecule has 0 aliphatic carbocycles. The number of hydrogen-bond donors (Lipinski definition) is 3. The number of amides is 1. The van der Waals surface area contributed by atoms with E-state index in [2.05, 4.69) is 10.0 Å². The Morgan fingerprint density at radius 2 is 2.00 bits per heavy atom. The minimum Gasteiger partial charge on any atom is -0.389 e. The normalized spacial score (nSPS) is 12.8. The van der Waals surface area contributed by atoms with Gasteiger partial charge < -0.3 is 11.1 Å². The SMILES string of the molecule is CNC(=O)C(C)NS(=O)(=O)c1ccc(C(N)=S)c(C)c1. The van der Waals surface area contributed by atoms with Crippen LogP contribution >= 0.6 is 12.2 Å². The van der Waals surface area contributed by atoms with Crippen LogP contribution in [0.2, 0.25) is 0 Å². The summed E-state index contributed by atoms with van der Waals surface area (Å²) in [6.07, 6.45) is 0. The molecule has 0 spiro atoms. The van der Waals surface area contributed by atoms with Crippen LogP contribution < -0.4 is 15.8 Å². The van der Waals surface area contributed by atoms with Crippen molar-refractivity contribution in [3.05, 3.63) is 29.3 Å². The molecule has 0 bridgehead atoms. The smallest absolute Gasteiger partial charge is 0.241 e. The third-order valence-corrected chi connectivity index (χ3v) is 4.50. The maximum Gasteiger partial charge on any atom is 0.241 e. The van der Waals surface area contributed by atoms with Crippen LogP contribution in [-0.2, 0) is 14.8 Å². The van der Waals surface area contributed by atoms with E-state index in [1.807, 2.05) is 0 Å². The van der Waals surface area contributed by atoms with Crippen LogP contribution in [0.3, 0.4) is 0 Å². The lowest BCUT2D eigenvalue weighted by atomic mass is 10.1. The average molecular weight is 315 g/mol. The number of aryl methyl sites for hydroxylation is 1. The molecule has 1 amide bonds. The molecule has 110 valence electrons. The second-order valence-corrected chi connectivity index (χ2v) is 6.45. The molecule has 0 aromatic heterocycles. The van der Waals surface area contributed by atoms with E-state index in [-0.39, 0.29) is 9.88 Å². The summed E-state index contributed by atoms with van der Waals surface area (Å²) in [7, 11) is -2.34. The van der Waals surface area contributed by atoms with Gasteiger partial charge in [-0.3, -0.25) is 4.79 Å². The number of carbonyl (C=O) groups is 1. The van der Waals surface area contributed by atoms with Gasteiger partial charge in [0.25, 0.3) is 0 Å². The zero-order chi connectivity index (χ0) is 15.5. The van der Waals surface area contributed by atoms with Gasteiger partial charge in [-0.1, -0.05) is 18.3 Å². The lowest BCUT2D eigenvalue weighted by molar-refractivity contribution is -0.121. The van der Waals surface area contributed by atoms with E-state index in [1.165, 1.54) is 26.1 Å². The van der Waals surface area contributed by atoms with E-state index in [1.54, 1.807) is 13.0 Å². The molecule has 0 saturated heterocycles. The van der Waals surface area contributed by atoms with E-state index in [0.29, 0.717) is 11.1 Å².